The first-order valence-electron chi connectivity index (χ1n) is 4.70. The predicted octanol–water partition coefficient (Wildman–Crippen LogP) is 2.09. The fraction of sp³-hybridized carbons (Fsp3) is 0.778. The van der Waals surface area contributed by atoms with E-state index < -0.39 is 0 Å². The van der Waals surface area contributed by atoms with E-state index in [9.17, 15) is 0 Å². The van der Waals surface area contributed by atoms with Crippen LogP contribution in [0, 0.1) is 0 Å². The summed E-state index contributed by atoms with van der Waals surface area (Å²) in [5.74, 6) is 2.47. The van der Waals surface area contributed by atoms with Gasteiger partial charge in [-0.15, -0.1) is 21.8 Å². The Kier molecular flexibility index (Phi) is 2.06. The summed E-state index contributed by atoms with van der Waals surface area (Å²) in [4.78, 5) is 0. The van der Waals surface area contributed by atoms with E-state index in [2.05, 4.69) is 28.6 Å². The maximum atomic E-state index is 5.77. The Morgan fingerprint density at radius 2 is 2.15 bits per heavy atom. The summed E-state index contributed by atoms with van der Waals surface area (Å²) in [5, 5.41) is 8.31. The zero-order valence-corrected chi connectivity index (χ0v) is 8.80. The van der Waals surface area contributed by atoms with Crippen molar-refractivity contribution in [3.8, 4) is 0 Å². The van der Waals surface area contributed by atoms with Crippen molar-refractivity contribution in [2.45, 2.75) is 44.5 Å². The van der Waals surface area contributed by atoms with Gasteiger partial charge in [0, 0.05) is 12.0 Å². The molecule has 72 valence electrons. The fourth-order valence-electron chi connectivity index (χ4n) is 1.62. The molecule has 3 nitrogen and oxygen atoms in total. The summed E-state index contributed by atoms with van der Waals surface area (Å²) in [5.41, 5.74) is 0.285. The Morgan fingerprint density at radius 3 is 2.62 bits per heavy atom. The smallest absolute Gasteiger partial charge is 0.147 e. The van der Waals surface area contributed by atoms with Gasteiger partial charge in [-0.25, -0.2) is 0 Å². The Hall–Kier alpha value is -0.570. The van der Waals surface area contributed by atoms with Crippen LogP contribution in [0.5, 0.6) is 0 Å². The van der Waals surface area contributed by atoms with Gasteiger partial charge in [0.15, 0.2) is 0 Å². The van der Waals surface area contributed by atoms with Crippen molar-refractivity contribution >= 4 is 11.6 Å². The zero-order valence-electron chi connectivity index (χ0n) is 8.05. The first kappa shape index (κ1) is 9.00. The van der Waals surface area contributed by atoms with Crippen molar-refractivity contribution in [1.29, 1.82) is 0 Å². The van der Waals surface area contributed by atoms with Crippen molar-refractivity contribution in [3.05, 3.63) is 11.6 Å². The van der Waals surface area contributed by atoms with Crippen LogP contribution in [0.15, 0.2) is 0 Å². The van der Waals surface area contributed by atoms with Crippen LogP contribution in [-0.4, -0.2) is 14.8 Å². The van der Waals surface area contributed by atoms with Crippen molar-refractivity contribution in [2.75, 3.05) is 0 Å². The van der Waals surface area contributed by atoms with E-state index in [0.29, 0.717) is 5.88 Å². The molecule has 1 aliphatic rings. The number of aromatic nitrogens is 3. The maximum absolute atomic E-state index is 5.77. The van der Waals surface area contributed by atoms with Crippen molar-refractivity contribution in [1.82, 2.24) is 14.8 Å². The van der Waals surface area contributed by atoms with Crippen LogP contribution in [-0.2, 0) is 17.8 Å². The molecule has 0 atom stereocenters. The SMILES string of the molecule is CCn1c(CCl)nnc1C1(C)CC1. The molecule has 1 aliphatic carbocycles. The molecule has 1 saturated carbocycles. The Bertz CT molecular complexity index is 315. The molecule has 0 amide bonds. The van der Waals surface area contributed by atoms with E-state index in [1.54, 1.807) is 0 Å². The fourth-order valence-corrected chi connectivity index (χ4v) is 1.82. The predicted molar refractivity (Wildman–Crippen MR) is 51.8 cm³/mol. The molecule has 13 heavy (non-hydrogen) atoms. The molecule has 0 N–H and O–H groups in total. The number of rotatable bonds is 3. The van der Waals surface area contributed by atoms with Gasteiger partial charge in [0.05, 0.1) is 5.88 Å². The van der Waals surface area contributed by atoms with Crippen LogP contribution >= 0.6 is 11.6 Å². The molecule has 2 rings (SSSR count). The minimum Gasteiger partial charge on any atom is -0.314 e. The normalized spacial score (nSPS) is 19.0. The van der Waals surface area contributed by atoms with Gasteiger partial charge in [-0.2, -0.15) is 0 Å². The summed E-state index contributed by atoms with van der Waals surface area (Å²) in [6.45, 7) is 5.26. The molecular formula is C9H14ClN3. The lowest BCUT2D eigenvalue weighted by Crippen LogP contribution is -2.12. The molecule has 4 heteroatoms. The van der Waals surface area contributed by atoms with E-state index in [1.165, 1.54) is 12.8 Å². The molecule has 1 fully saturated rings. The van der Waals surface area contributed by atoms with Crippen LogP contribution in [0.2, 0.25) is 0 Å². The van der Waals surface area contributed by atoms with E-state index in [1.807, 2.05) is 0 Å². The van der Waals surface area contributed by atoms with Gasteiger partial charge in [0.1, 0.15) is 11.6 Å². The quantitative estimate of drug-likeness (QED) is 0.698. The second kappa shape index (κ2) is 2.98. The molecule has 1 aromatic rings. The molecule has 0 aromatic carbocycles. The number of hydrogen-bond donors (Lipinski definition) is 0. The summed E-state index contributed by atoms with van der Waals surface area (Å²) in [7, 11) is 0. The van der Waals surface area contributed by atoms with Gasteiger partial charge >= 0.3 is 0 Å². The summed E-state index contributed by atoms with van der Waals surface area (Å²) in [6.07, 6.45) is 2.46. The molecule has 0 saturated heterocycles. The summed E-state index contributed by atoms with van der Waals surface area (Å²) >= 11 is 5.77. The molecule has 0 spiro atoms. The van der Waals surface area contributed by atoms with E-state index in [4.69, 9.17) is 11.6 Å². The number of nitrogens with zero attached hydrogens (tertiary/aromatic N) is 3. The highest BCUT2D eigenvalue weighted by molar-refractivity contribution is 6.16. The monoisotopic (exact) mass is 199 g/mol. The van der Waals surface area contributed by atoms with Crippen molar-refractivity contribution < 1.29 is 0 Å². The molecule has 0 bridgehead atoms. The van der Waals surface area contributed by atoms with Gasteiger partial charge < -0.3 is 4.57 Å². The Morgan fingerprint density at radius 1 is 1.46 bits per heavy atom. The van der Waals surface area contributed by atoms with Gasteiger partial charge in [0.2, 0.25) is 0 Å². The molecule has 0 aliphatic heterocycles. The van der Waals surface area contributed by atoms with Crippen LogP contribution in [0.1, 0.15) is 38.3 Å². The van der Waals surface area contributed by atoms with Gasteiger partial charge in [-0.05, 0) is 19.8 Å². The summed E-state index contributed by atoms with van der Waals surface area (Å²) < 4.78 is 2.14. The lowest BCUT2D eigenvalue weighted by atomic mass is 10.1. The highest BCUT2D eigenvalue weighted by Gasteiger charge is 2.43. The highest BCUT2D eigenvalue weighted by Crippen LogP contribution is 2.46. The number of halogens is 1. The van der Waals surface area contributed by atoms with E-state index in [0.717, 1.165) is 18.2 Å². The van der Waals surface area contributed by atoms with E-state index >= 15 is 0 Å². The molecule has 0 unspecified atom stereocenters. The minimum atomic E-state index is 0.285. The Balaban J connectivity index is 2.40. The van der Waals surface area contributed by atoms with Crippen molar-refractivity contribution in [2.24, 2.45) is 0 Å². The standard InChI is InChI=1S/C9H14ClN3/c1-3-13-7(6-10)11-12-8(13)9(2)4-5-9/h3-6H2,1-2H3. The highest BCUT2D eigenvalue weighted by atomic mass is 35.5. The zero-order chi connectivity index (χ0) is 9.47. The van der Waals surface area contributed by atoms with Gasteiger partial charge in [-0.1, -0.05) is 6.92 Å². The molecule has 1 heterocycles. The third kappa shape index (κ3) is 1.35. The average Bonchev–Trinajstić information content (AvgIpc) is 2.75. The number of alkyl halides is 1. The minimum absolute atomic E-state index is 0.285. The van der Waals surface area contributed by atoms with Crippen LogP contribution in [0.4, 0.5) is 0 Å². The largest absolute Gasteiger partial charge is 0.314 e. The lowest BCUT2D eigenvalue weighted by Gasteiger charge is -2.10. The van der Waals surface area contributed by atoms with Gasteiger partial charge in [0.25, 0.3) is 0 Å². The van der Waals surface area contributed by atoms with Gasteiger partial charge in [-0.3, -0.25) is 0 Å². The average molecular weight is 200 g/mol. The second-order valence-corrected chi connectivity index (χ2v) is 4.15. The Labute approximate surface area is 83.1 Å². The first-order chi connectivity index (χ1) is 6.21. The van der Waals surface area contributed by atoms with Crippen LogP contribution < -0.4 is 0 Å². The first-order valence-corrected chi connectivity index (χ1v) is 5.23. The summed E-state index contributed by atoms with van der Waals surface area (Å²) in [6, 6.07) is 0. The van der Waals surface area contributed by atoms with Crippen LogP contribution in [0.3, 0.4) is 0 Å². The third-order valence-corrected chi connectivity index (χ3v) is 3.04. The topological polar surface area (TPSA) is 30.7 Å². The molecule has 1 aromatic heterocycles. The van der Waals surface area contributed by atoms with E-state index in [-0.39, 0.29) is 5.41 Å². The number of hydrogen-bond acceptors (Lipinski definition) is 2. The molecular weight excluding hydrogens is 186 g/mol. The lowest BCUT2D eigenvalue weighted by molar-refractivity contribution is 0.605. The molecule has 0 radical (unpaired) electrons. The maximum Gasteiger partial charge on any atom is 0.147 e. The van der Waals surface area contributed by atoms with Crippen molar-refractivity contribution in [3.63, 3.8) is 0 Å². The third-order valence-electron chi connectivity index (χ3n) is 2.80. The van der Waals surface area contributed by atoms with Crippen LogP contribution in [0.25, 0.3) is 0 Å². The second-order valence-electron chi connectivity index (χ2n) is 3.88.